The summed E-state index contributed by atoms with van der Waals surface area (Å²) < 4.78 is 19.9. The van der Waals surface area contributed by atoms with Gasteiger partial charge in [-0.25, -0.2) is 14.2 Å². The van der Waals surface area contributed by atoms with Crippen LogP contribution in [-0.2, 0) is 19.6 Å². The molecular formula is C24H24FN3O4S. The number of hydrogen-bond donors (Lipinski definition) is 1. The second kappa shape index (κ2) is 9.99. The molecule has 0 saturated carbocycles. The van der Waals surface area contributed by atoms with Crippen LogP contribution in [0.25, 0.3) is 11.8 Å². The molecule has 0 bridgehead atoms. The summed E-state index contributed by atoms with van der Waals surface area (Å²) in [5.41, 5.74) is 4.43. The molecule has 2 heterocycles. The van der Waals surface area contributed by atoms with Crippen LogP contribution < -0.4 is 10.3 Å². The number of carbonyl (C=O) groups is 1. The van der Waals surface area contributed by atoms with Crippen LogP contribution in [0, 0.1) is 6.92 Å². The number of hydrogen-bond acceptors (Lipinski definition) is 5. The van der Waals surface area contributed by atoms with E-state index in [0.29, 0.717) is 18.8 Å². The van der Waals surface area contributed by atoms with Gasteiger partial charge in [-0.3, -0.25) is 9.36 Å². The average molecular weight is 470 g/mol. The van der Waals surface area contributed by atoms with Crippen molar-refractivity contribution >= 4 is 29.2 Å². The van der Waals surface area contributed by atoms with E-state index in [9.17, 15) is 19.1 Å². The number of aryl methyl sites for hydroxylation is 2. The highest BCUT2D eigenvalue weighted by atomic mass is 32.1. The molecule has 33 heavy (non-hydrogen) atoms. The third-order valence-corrected chi connectivity index (χ3v) is 6.25. The number of nitrogens with zero attached hydrogens (tertiary/aromatic N) is 3. The monoisotopic (exact) mass is 469 g/mol. The maximum atomic E-state index is 12.7. The first kappa shape index (κ1) is 22.7. The Labute approximate surface area is 194 Å². The Morgan fingerprint density at radius 2 is 2.15 bits per heavy atom. The van der Waals surface area contributed by atoms with Crippen LogP contribution in [0.1, 0.15) is 33.8 Å². The number of carboxylic acid groups (broad SMARTS) is 1. The van der Waals surface area contributed by atoms with Gasteiger partial charge in [-0.15, -0.1) is 11.3 Å². The summed E-state index contributed by atoms with van der Waals surface area (Å²) in [5, 5.41) is 12.1. The van der Waals surface area contributed by atoms with Crippen LogP contribution in [0.4, 0.5) is 9.18 Å². The van der Waals surface area contributed by atoms with E-state index in [1.165, 1.54) is 6.07 Å². The minimum Gasteiger partial charge on any atom is -0.487 e. The fourth-order valence-electron chi connectivity index (χ4n) is 3.80. The predicted molar refractivity (Wildman–Crippen MR) is 125 cm³/mol. The van der Waals surface area contributed by atoms with Gasteiger partial charge in [-0.2, -0.15) is 0 Å². The van der Waals surface area contributed by atoms with Crippen molar-refractivity contribution in [3.63, 3.8) is 0 Å². The molecule has 0 unspecified atom stereocenters. The van der Waals surface area contributed by atoms with Gasteiger partial charge in [0.25, 0.3) is 5.56 Å². The van der Waals surface area contributed by atoms with Crippen LogP contribution in [0.3, 0.4) is 0 Å². The van der Waals surface area contributed by atoms with Gasteiger partial charge in [0.05, 0.1) is 17.2 Å². The number of benzene rings is 1. The Morgan fingerprint density at radius 1 is 1.30 bits per heavy atom. The largest absolute Gasteiger partial charge is 0.487 e. The van der Waals surface area contributed by atoms with E-state index in [4.69, 9.17) is 4.74 Å². The molecule has 1 N–H and O–H groups in total. The number of ether oxygens (including phenoxy) is 1. The van der Waals surface area contributed by atoms with Gasteiger partial charge in [0.15, 0.2) is 0 Å². The summed E-state index contributed by atoms with van der Waals surface area (Å²) in [5.74, 6) is 0.500. The van der Waals surface area contributed by atoms with Crippen LogP contribution in [0.2, 0.25) is 0 Å². The summed E-state index contributed by atoms with van der Waals surface area (Å²) in [4.78, 5) is 29.4. The Morgan fingerprint density at radius 3 is 2.85 bits per heavy atom. The third-order valence-electron chi connectivity index (χ3n) is 5.43. The zero-order chi connectivity index (χ0) is 23.4. The van der Waals surface area contributed by atoms with E-state index in [1.807, 2.05) is 36.6 Å². The number of alkyl halides is 1. The molecule has 1 amide bonds. The van der Waals surface area contributed by atoms with Crippen LogP contribution in [0.5, 0.6) is 5.75 Å². The fourth-order valence-corrected chi connectivity index (χ4v) is 4.40. The van der Waals surface area contributed by atoms with E-state index >= 15 is 0 Å². The second-order valence-electron chi connectivity index (χ2n) is 7.78. The molecule has 7 nitrogen and oxygen atoms in total. The number of halogens is 1. The zero-order valence-electron chi connectivity index (χ0n) is 18.2. The fraction of sp³-hybridized carbons (Fsp3) is 0.292. The quantitative estimate of drug-likeness (QED) is 0.522. The maximum Gasteiger partial charge on any atom is 0.407 e. The molecule has 4 rings (SSSR count). The predicted octanol–water partition coefficient (Wildman–Crippen LogP) is 4.59. The topological polar surface area (TPSA) is 84.7 Å². The van der Waals surface area contributed by atoms with Crippen LogP contribution in [0.15, 0.2) is 46.7 Å². The van der Waals surface area contributed by atoms with Gasteiger partial charge in [0.2, 0.25) is 0 Å². The number of aromatic nitrogens is 2. The smallest absolute Gasteiger partial charge is 0.407 e. The number of thiazole rings is 1. The lowest BCUT2D eigenvalue weighted by Gasteiger charge is -2.21. The van der Waals surface area contributed by atoms with Gasteiger partial charge in [0, 0.05) is 29.9 Å². The SMILES string of the molecule is Cc1nc(COc2ccn(C3=Cc4ccc(CN(CCF)C(=O)O)cc4CC3)c(=O)c2)cs1. The zero-order valence-corrected chi connectivity index (χ0v) is 19.0. The average Bonchev–Trinajstić information content (AvgIpc) is 3.22. The molecule has 3 aromatic rings. The van der Waals surface area contributed by atoms with Crippen molar-refractivity contribution in [2.75, 3.05) is 13.2 Å². The van der Waals surface area contributed by atoms with Crippen molar-refractivity contribution < 1.29 is 19.0 Å². The van der Waals surface area contributed by atoms with Gasteiger partial charge in [-0.1, -0.05) is 18.2 Å². The summed E-state index contributed by atoms with van der Waals surface area (Å²) >= 11 is 1.56. The number of amides is 1. The lowest BCUT2D eigenvalue weighted by atomic mass is 9.93. The van der Waals surface area contributed by atoms with Gasteiger partial charge in [-0.05, 0) is 48.6 Å². The van der Waals surface area contributed by atoms with Crippen molar-refractivity contribution in [2.45, 2.75) is 32.9 Å². The lowest BCUT2D eigenvalue weighted by Crippen LogP contribution is -2.30. The minimum absolute atomic E-state index is 0.143. The molecule has 0 fully saturated rings. The first-order valence-corrected chi connectivity index (χ1v) is 11.4. The van der Waals surface area contributed by atoms with Crippen molar-refractivity contribution in [3.8, 4) is 5.75 Å². The van der Waals surface area contributed by atoms with E-state index < -0.39 is 12.8 Å². The first-order chi connectivity index (χ1) is 15.9. The van der Waals surface area contributed by atoms with E-state index in [0.717, 1.165) is 44.4 Å². The van der Waals surface area contributed by atoms with E-state index in [-0.39, 0.29) is 18.6 Å². The maximum absolute atomic E-state index is 12.7. The molecule has 172 valence electrons. The van der Waals surface area contributed by atoms with Crippen molar-refractivity contribution in [2.24, 2.45) is 0 Å². The summed E-state index contributed by atoms with van der Waals surface area (Å²) in [7, 11) is 0. The Bertz CT molecular complexity index is 1250. The molecule has 1 aliphatic rings. The highest BCUT2D eigenvalue weighted by Gasteiger charge is 2.16. The van der Waals surface area contributed by atoms with Gasteiger partial charge in [0.1, 0.15) is 19.0 Å². The molecule has 0 aliphatic heterocycles. The molecule has 0 radical (unpaired) electrons. The van der Waals surface area contributed by atoms with Crippen molar-refractivity contribution in [1.29, 1.82) is 0 Å². The standard InChI is InChI=1S/C24H24FN3O4S/c1-16-26-20(15-33-16)14-32-22-6-8-28(23(29)12-22)21-5-4-18-10-17(2-3-19(18)11-21)13-27(9-7-25)24(30)31/h2-3,6,8,10-12,15H,4-5,7,9,13-14H2,1H3,(H,30,31). The number of pyridine rings is 1. The lowest BCUT2D eigenvalue weighted by molar-refractivity contribution is 0.138. The summed E-state index contributed by atoms with van der Waals surface area (Å²) in [6, 6.07) is 8.95. The molecule has 1 aliphatic carbocycles. The Kier molecular flexibility index (Phi) is 6.88. The van der Waals surface area contributed by atoms with Crippen molar-refractivity contribution in [3.05, 3.63) is 79.7 Å². The molecule has 9 heteroatoms. The number of rotatable bonds is 8. The molecular weight excluding hydrogens is 445 g/mol. The van der Waals surface area contributed by atoms with Crippen LogP contribution in [-0.4, -0.2) is 38.9 Å². The molecule has 0 atom stereocenters. The van der Waals surface area contributed by atoms with Gasteiger partial charge >= 0.3 is 6.09 Å². The number of allylic oxidation sites excluding steroid dienone is 1. The van der Waals surface area contributed by atoms with E-state index in [1.54, 1.807) is 28.2 Å². The molecule has 1 aromatic carbocycles. The summed E-state index contributed by atoms with van der Waals surface area (Å²) in [6.45, 7) is 1.53. The Balaban J connectivity index is 1.48. The Hall–Kier alpha value is -3.46. The highest BCUT2D eigenvalue weighted by Crippen LogP contribution is 2.27. The van der Waals surface area contributed by atoms with Crippen molar-refractivity contribution in [1.82, 2.24) is 14.5 Å². The minimum atomic E-state index is -1.14. The number of fused-ring (bicyclic) bond motifs is 1. The molecule has 0 saturated heterocycles. The summed E-state index contributed by atoms with van der Waals surface area (Å²) in [6.07, 6.45) is 3.94. The molecule has 2 aromatic heterocycles. The van der Waals surface area contributed by atoms with Gasteiger partial charge < -0.3 is 14.7 Å². The highest BCUT2D eigenvalue weighted by molar-refractivity contribution is 7.09. The molecule has 0 spiro atoms. The third kappa shape index (κ3) is 5.48. The van der Waals surface area contributed by atoms with E-state index in [2.05, 4.69) is 4.98 Å². The first-order valence-electron chi connectivity index (χ1n) is 10.6. The van der Waals surface area contributed by atoms with Crippen LogP contribution >= 0.6 is 11.3 Å². The second-order valence-corrected chi connectivity index (χ2v) is 8.84. The normalized spacial score (nSPS) is 12.7.